The van der Waals surface area contributed by atoms with Gasteiger partial charge in [-0.3, -0.25) is 0 Å². The zero-order valence-corrected chi connectivity index (χ0v) is 9.95. The van der Waals surface area contributed by atoms with Crippen LogP contribution in [0.2, 0.25) is 0 Å². The molecular weight excluding hydrogens is 180 g/mol. The SMILES string of the molecule is CCCN(C)CCO.CNC(C)CO. The number of aliphatic hydroxyl groups is 2. The first-order chi connectivity index (χ1) is 6.62. The van der Waals surface area contributed by atoms with Gasteiger partial charge in [0.2, 0.25) is 0 Å². The summed E-state index contributed by atoms with van der Waals surface area (Å²) in [6.07, 6.45) is 1.16. The summed E-state index contributed by atoms with van der Waals surface area (Å²) in [6.45, 7) is 6.43. The third kappa shape index (κ3) is 14.4. The van der Waals surface area contributed by atoms with Crippen molar-refractivity contribution in [2.75, 3.05) is 40.4 Å². The van der Waals surface area contributed by atoms with E-state index in [1.807, 2.05) is 21.0 Å². The van der Waals surface area contributed by atoms with Crippen molar-refractivity contribution in [3.63, 3.8) is 0 Å². The number of nitrogens with zero attached hydrogens (tertiary/aromatic N) is 1. The van der Waals surface area contributed by atoms with E-state index in [0.29, 0.717) is 0 Å². The molecule has 88 valence electrons. The molecule has 0 bridgehead atoms. The van der Waals surface area contributed by atoms with Gasteiger partial charge >= 0.3 is 0 Å². The average molecular weight is 206 g/mol. The maximum absolute atomic E-state index is 8.42. The summed E-state index contributed by atoms with van der Waals surface area (Å²) in [7, 11) is 3.83. The molecule has 0 heterocycles. The predicted molar refractivity (Wildman–Crippen MR) is 60.5 cm³/mol. The molecule has 0 aliphatic heterocycles. The van der Waals surface area contributed by atoms with E-state index in [2.05, 4.69) is 17.1 Å². The van der Waals surface area contributed by atoms with Crippen molar-refractivity contribution in [3.8, 4) is 0 Å². The Balaban J connectivity index is 0. The minimum atomic E-state index is 0.219. The zero-order chi connectivity index (χ0) is 11.4. The number of hydrogen-bond donors (Lipinski definition) is 3. The van der Waals surface area contributed by atoms with Crippen LogP contribution < -0.4 is 5.32 Å². The molecule has 0 saturated heterocycles. The lowest BCUT2D eigenvalue weighted by Gasteiger charge is -2.12. The van der Waals surface area contributed by atoms with Crippen LogP contribution in [-0.2, 0) is 0 Å². The van der Waals surface area contributed by atoms with E-state index in [-0.39, 0.29) is 19.3 Å². The minimum Gasteiger partial charge on any atom is -0.395 e. The number of aliphatic hydroxyl groups excluding tert-OH is 2. The molecule has 14 heavy (non-hydrogen) atoms. The van der Waals surface area contributed by atoms with Crippen LogP contribution in [0.15, 0.2) is 0 Å². The highest BCUT2D eigenvalue weighted by Crippen LogP contribution is 1.82. The van der Waals surface area contributed by atoms with Crippen LogP contribution in [-0.4, -0.2) is 61.6 Å². The molecule has 0 rings (SSSR count). The summed E-state index contributed by atoms with van der Waals surface area (Å²) in [5.74, 6) is 0. The van der Waals surface area contributed by atoms with Crippen molar-refractivity contribution < 1.29 is 10.2 Å². The Morgan fingerprint density at radius 2 is 1.86 bits per heavy atom. The quantitative estimate of drug-likeness (QED) is 0.568. The maximum Gasteiger partial charge on any atom is 0.0581 e. The molecule has 0 radical (unpaired) electrons. The maximum atomic E-state index is 8.42. The number of hydrogen-bond acceptors (Lipinski definition) is 4. The van der Waals surface area contributed by atoms with Crippen LogP contribution >= 0.6 is 0 Å². The number of nitrogens with one attached hydrogen (secondary N) is 1. The van der Waals surface area contributed by atoms with E-state index < -0.39 is 0 Å². The van der Waals surface area contributed by atoms with E-state index in [0.717, 1.165) is 19.5 Å². The molecule has 1 unspecified atom stereocenters. The van der Waals surface area contributed by atoms with Crippen molar-refractivity contribution in [2.24, 2.45) is 0 Å². The lowest BCUT2D eigenvalue weighted by atomic mass is 10.4. The number of rotatable bonds is 6. The first kappa shape index (κ1) is 16.3. The van der Waals surface area contributed by atoms with E-state index >= 15 is 0 Å². The van der Waals surface area contributed by atoms with Gasteiger partial charge in [0, 0.05) is 12.6 Å². The molecule has 0 saturated carbocycles. The van der Waals surface area contributed by atoms with Crippen LogP contribution in [0.3, 0.4) is 0 Å². The Hall–Kier alpha value is -0.160. The fourth-order valence-electron chi connectivity index (χ4n) is 0.756. The lowest BCUT2D eigenvalue weighted by molar-refractivity contribution is 0.222. The van der Waals surface area contributed by atoms with Gasteiger partial charge < -0.3 is 20.4 Å². The molecule has 0 aromatic heterocycles. The summed E-state index contributed by atoms with van der Waals surface area (Å²) >= 11 is 0. The van der Waals surface area contributed by atoms with E-state index in [4.69, 9.17) is 10.2 Å². The second kappa shape index (κ2) is 12.8. The zero-order valence-electron chi connectivity index (χ0n) is 9.95. The molecule has 1 atom stereocenters. The Bertz CT molecular complexity index is 92.1. The Kier molecular flexibility index (Phi) is 14.9. The smallest absolute Gasteiger partial charge is 0.0581 e. The molecule has 0 aliphatic carbocycles. The van der Waals surface area contributed by atoms with Crippen molar-refractivity contribution >= 4 is 0 Å². The molecule has 4 heteroatoms. The van der Waals surface area contributed by atoms with Crippen LogP contribution in [0, 0.1) is 0 Å². The van der Waals surface area contributed by atoms with Gasteiger partial charge in [-0.15, -0.1) is 0 Å². The molecule has 4 nitrogen and oxygen atoms in total. The fraction of sp³-hybridized carbons (Fsp3) is 1.00. The predicted octanol–water partition coefficient (Wildman–Crippen LogP) is -0.0929. The van der Waals surface area contributed by atoms with E-state index in [1.54, 1.807) is 0 Å². The van der Waals surface area contributed by atoms with Gasteiger partial charge in [0.15, 0.2) is 0 Å². The molecule has 0 aromatic rings. The summed E-state index contributed by atoms with van der Waals surface area (Å²) in [5.41, 5.74) is 0. The monoisotopic (exact) mass is 206 g/mol. The first-order valence-electron chi connectivity index (χ1n) is 5.19. The second-order valence-corrected chi connectivity index (χ2v) is 3.40. The van der Waals surface area contributed by atoms with E-state index in [9.17, 15) is 0 Å². The first-order valence-corrected chi connectivity index (χ1v) is 5.19. The summed E-state index contributed by atoms with van der Waals surface area (Å²) in [5, 5.41) is 19.6. The lowest BCUT2D eigenvalue weighted by Crippen LogP contribution is -2.24. The van der Waals surface area contributed by atoms with Gasteiger partial charge in [-0.1, -0.05) is 6.92 Å². The molecular formula is C10H26N2O2. The highest BCUT2D eigenvalue weighted by atomic mass is 16.3. The second-order valence-electron chi connectivity index (χ2n) is 3.40. The van der Waals surface area contributed by atoms with E-state index in [1.165, 1.54) is 0 Å². The van der Waals surface area contributed by atoms with Gasteiger partial charge in [0.05, 0.1) is 13.2 Å². The third-order valence-corrected chi connectivity index (χ3v) is 1.85. The van der Waals surface area contributed by atoms with Gasteiger partial charge in [0.25, 0.3) is 0 Å². The average Bonchev–Trinajstić information content (AvgIpc) is 2.18. The highest BCUT2D eigenvalue weighted by molar-refractivity contribution is 4.49. The van der Waals surface area contributed by atoms with Crippen LogP contribution in [0.25, 0.3) is 0 Å². The van der Waals surface area contributed by atoms with Crippen LogP contribution in [0.5, 0.6) is 0 Å². The minimum absolute atomic E-state index is 0.219. The fourth-order valence-corrected chi connectivity index (χ4v) is 0.756. The van der Waals surface area contributed by atoms with Crippen molar-refractivity contribution in [3.05, 3.63) is 0 Å². The summed E-state index contributed by atoms with van der Waals surface area (Å²) in [4.78, 5) is 2.11. The third-order valence-electron chi connectivity index (χ3n) is 1.85. The molecule has 0 spiro atoms. The van der Waals surface area contributed by atoms with Gasteiger partial charge in [-0.25, -0.2) is 0 Å². The Morgan fingerprint density at radius 1 is 1.29 bits per heavy atom. The largest absolute Gasteiger partial charge is 0.395 e. The van der Waals surface area contributed by atoms with Crippen molar-refractivity contribution in [1.82, 2.24) is 10.2 Å². The van der Waals surface area contributed by atoms with Gasteiger partial charge in [0.1, 0.15) is 0 Å². The van der Waals surface area contributed by atoms with Crippen LogP contribution in [0.4, 0.5) is 0 Å². The topological polar surface area (TPSA) is 55.7 Å². The normalized spacial score (nSPS) is 12.2. The standard InChI is InChI=1S/C6H15NO.C4H11NO/c1-3-4-7(2)5-6-8;1-4(3-6)5-2/h8H,3-6H2,1-2H3;4-6H,3H2,1-2H3. The molecule has 0 aromatic carbocycles. The van der Waals surface area contributed by atoms with Crippen LogP contribution in [0.1, 0.15) is 20.3 Å². The van der Waals surface area contributed by atoms with Crippen molar-refractivity contribution in [2.45, 2.75) is 26.3 Å². The molecule has 3 N–H and O–H groups in total. The van der Waals surface area contributed by atoms with Gasteiger partial charge in [-0.2, -0.15) is 0 Å². The van der Waals surface area contributed by atoms with Crippen molar-refractivity contribution in [1.29, 1.82) is 0 Å². The Morgan fingerprint density at radius 3 is 2.07 bits per heavy atom. The summed E-state index contributed by atoms with van der Waals surface area (Å²) < 4.78 is 0. The number of likely N-dealkylation sites (N-methyl/N-ethyl adjacent to an activating group) is 2. The summed E-state index contributed by atoms with van der Waals surface area (Å²) in [6, 6.07) is 0.241. The Labute approximate surface area is 87.9 Å². The molecule has 0 fully saturated rings. The molecule has 0 amide bonds. The van der Waals surface area contributed by atoms with Gasteiger partial charge in [-0.05, 0) is 34.0 Å². The molecule has 0 aliphatic rings. The highest BCUT2D eigenvalue weighted by Gasteiger charge is 1.91.